The molecule has 5 heteroatoms. The van der Waals surface area contributed by atoms with Gasteiger partial charge in [-0.15, -0.1) is 0 Å². The van der Waals surface area contributed by atoms with Gasteiger partial charge in [0.1, 0.15) is 13.2 Å². The highest BCUT2D eigenvalue weighted by atomic mass is 35.5. The molecule has 0 saturated carbocycles. The largest absolute Gasteiger partial charge is 0.486 e. The highest BCUT2D eigenvalue weighted by molar-refractivity contribution is 6.31. The molecule has 0 radical (unpaired) electrons. The number of aryl methyl sites for hydroxylation is 1. The Kier molecular flexibility index (Phi) is 3.32. The first-order chi connectivity index (χ1) is 9.63. The molecule has 3 rings (SSSR count). The maximum Gasteiger partial charge on any atom is 0.163 e. The zero-order chi connectivity index (χ0) is 14.1. The molecule has 104 valence electrons. The van der Waals surface area contributed by atoms with Crippen molar-refractivity contribution < 1.29 is 9.47 Å². The van der Waals surface area contributed by atoms with Crippen LogP contribution in [0.5, 0.6) is 11.5 Å². The number of halogens is 1. The number of ether oxygens (including phenoxy) is 2. The molecule has 0 fully saturated rings. The van der Waals surface area contributed by atoms with Crippen molar-refractivity contribution in [1.82, 2.24) is 0 Å². The third-order valence-electron chi connectivity index (χ3n) is 3.17. The first kappa shape index (κ1) is 12.9. The summed E-state index contributed by atoms with van der Waals surface area (Å²) in [6, 6.07) is 9.40. The second-order valence-corrected chi connectivity index (χ2v) is 5.08. The van der Waals surface area contributed by atoms with E-state index in [4.69, 9.17) is 26.8 Å². The van der Waals surface area contributed by atoms with E-state index in [1.807, 2.05) is 31.2 Å². The first-order valence-corrected chi connectivity index (χ1v) is 6.73. The van der Waals surface area contributed by atoms with E-state index >= 15 is 0 Å². The van der Waals surface area contributed by atoms with E-state index < -0.39 is 0 Å². The number of anilines is 3. The molecule has 2 aromatic carbocycles. The molecule has 0 saturated heterocycles. The Morgan fingerprint density at radius 1 is 1.10 bits per heavy atom. The normalized spacial score (nSPS) is 13.1. The lowest BCUT2D eigenvalue weighted by Gasteiger charge is -2.20. The fourth-order valence-electron chi connectivity index (χ4n) is 2.04. The summed E-state index contributed by atoms with van der Waals surface area (Å²) in [6.07, 6.45) is 0. The topological polar surface area (TPSA) is 56.5 Å². The van der Waals surface area contributed by atoms with Crippen LogP contribution >= 0.6 is 11.6 Å². The zero-order valence-electron chi connectivity index (χ0n) is 11.1. The van der Waals surface area contributed by atoms with Gasteiger partial charge in [0, 0.05) is 22.8 Å². The number of nitrogen functional groups attached to an aromatic ring is 1. The van der Waals surface area contributed by atoms with Gasteiger partial charge in [0.05, 0.1) is 11.4 Å². The predicted molar refractivity (Wildman–Crippen MR) is 81.3 cm³/mol. The molecule has 1 aliphatic rings. The summed E-state index contributed by atoms with van der Waals surface area (Å²) in [5.41, 5.74) is 9.32. The summed E-state index contributed by atoms with van der Waals surface area (Å²) >= 11 is 6.12. The van der Waals surface area contributed by atoms with Gasteiger partial charge in [-0.05, 0) is 24.6 Å². The molecule has 0 aliphatic carbocycles. The Labute approximate surface area is 122 Å². The molecule has 1 heterocycles. The molecule has 2 aromatic rings. The monoisotopic (exact) mass is 290 g/mol. The Morgan fingerprint density at radius 2 is 1.80 bits per heavy atom. The molecule has 0 atom stereocenters. The number of nitrogens with one attached hydrogen (secondary N) is 1. The second-order valence-electron chi connectivity index (χ2n) is 4.67. The van der Waals surface area contributed by atoms with Crippen molar-refractivity contribution in [2.24, 2.45) is 0 Å². The molecule has 20 heavy (non-hydrogen) atoms. The number of nitrogens with two attached hydrogens (primary N) is 1. The number of hydrogen-bond donors (Lipinski definition) is 2. The number of rotatable bonds is 2. The average Bonchev–Trinajstić information content (AvgIpc) is 2.44. The van der Waals surface area contributed by atoms with Crippen LogP contribution in [0.2, 0.25) is 5.02 Å². The van der Waals surface area contributed by atoms with Gasteiger partial charge in [-0.2, -0.15) is 0 Å². The van der Waals surface area contributed by atoms with Crippen LogP contribution in [0.3, 0.4) is 0 Å². The standard InChI is InChI=1S/C15H15ClN2O2/c1-9-2-3-10(6-11(9)16)18-13-8-15-14(7-12(13)17)19-4-5-20-15/h2-3,6-8,18H,4-5,17H2,1H3. The van der Waals surface area contributed by atoms with Crippen LogP contribution in [0.4, 0.5) is 17.1 Å². The van der Waals surface area contributed by atoms with E-state index in [-0.39, 0.29) is 0 Å². The van der Waals surface area contributed by atoms with Gasteiger partial charge in [-0.1, -0.05) is 17.7 Å². The first-order valence-electron chi connectivity index (χ1n) is 6.36. The van der Waals surface area contributed by atoms with Gasteiger partial charge >= 0.3 is 0 Å². The molecular formula is C15H15ClN2O2. The van der Waals surface area contributed by atoms with Gasteiger partial charge in [0.25, 0.3) is 0 Å². The minimum Gasteiger partial charge on any atom is -0.486 e. The average molecular weight is 291 g/mol. The van der Waals surface area contributed by atoms with Crippen molar-refractivity contribution in [1.29, 1.82) is 0 Å². The number of fused-ring (bicyclic) bond motifs is 1. The summed E-state index contributed by atoms with van der Waals surface area (Å²) in [5, 5.41) is 3.96. The Balaban J connectivity index is 1.92. The van der Waals surface area contributed by atoms with Crippen molar-refractivity contribution in [3.8, 4) is 11.5 Å². The Hall–Kier alpha value is -2.07. The van der Waals surface area contributed by atoms with E-state index in [1.165, 1.54) is 0 Å². The second kappa shape index (κ2) is 5.13. The van der Waals surface area contributed by atoms with Gasteiger partial charge in [-0.25, -0.2) is 0 Å². The molecule has 0 unspecified atom stereocenters. The SMILES string of the molecule is Cc1ccc(Nc2cc3c(cc2N)OCCO3)cc1Cl. The predicted octanol–water partition coefficient (Wildman–Crippen LogP) is 3.75. The van der Waals surface area contributed by atoms with Crippen LogP contribution in [-0.2, 0) is 0 Å². The summed E-state index contributed by atoms with van der Waals surface area (Å²) in [5.74, 6) is 1.38. The molecule has 0 amide bonds. The molecular weight excluding hydrogens is 276 g/mol. The minimum absolute atomic E-state index is 0.548. The van der Waals surface area contributed by atoms with Crippen molar-refractivity contribution in [3.63, 3.8) is 0 Å². The fourth-order valence-corrected chi connectivity index (χ4v) is 2.22. The lowest BCUT2D eigenvalue weighted by Crippen LogP contribution is -2.15. The number of hydrogen-bond acceptors (Lipinski definition) is 4. The van der Waals surface area contributed by atoms with E-state index in [9.17, 15) is 0 Å². The summed E-state index contributed by atoms with van der Waals surface area (Å²) in [4.78, 5) is 0. The van der Waals surface area contributed by atoms with Gasteiger partial charge in [0.15, 0.2) is 11.5 Å². The molecule has 0 spiro atoms. The molecule has 0 aromatic heterocycles. The van der Waals surface area contributed by atoms with Crippen LogP contribution in [0, 0.1) is 6.92 Å². The van der Waals surface area contributed by atoms with E-state index in [1.54, 1.807) is 6.07 Å². The number of benzene rings is 2. The minimum atomic E-state index is 0.548. The molecule has 1 aliphatic heterocycles. The lowest BCUT2D eigenvalue weighted by molar-refractivity contribution is 0.172. The quantitative estimate of drug-likeness (QED) is 0.827. The van der Waals surface area contributed by atoms with E-state index in [0.717, 1.165) is 16.9 Å². The fraction of sp³-hybridized carbons (Fsp3) is 0.200. The molecule has 0 bridgehead atoms. The lowest BCUT2D eigenvalue weighted by atomic mass is 10.2. The van der Waals surface area contributed by atoms with E-state index in [2.05, 4.69) is 5.32 Å². The van der Waals surface area contributed by atoms with Crippen molar-refractivity contribution in [2.45, 2.75) is 6.92 Å². The zero-order valence-corrected chi connectivity index (χ0v) is 11.8. The van der Waals surface area contributed by atoms with Crippen LogP contribution in [0.15, 0.2) is 30.3 Å². The van der Waals surface area contributed by atoms with Crippen LogP contribution in [0.25, 0.3) is 0 Å². The Morgan fingerprint density at radius 3 is 2.50 bits per heavy atom. The Bertz CT molecular complexity index is 659. The maximum atomic E-state index is 6.12. The maximum absolute atomic E-state index is 6.12. The summed E-state index contributed by atoms with van der Waals surface area (Å²) in [7, 11) is 0. The molecule has 4 nitrogen and oxygen atoms in total. The third kappa shape index (κ3) is 2.47. The third-order valence-corrected chi connectivity index (χ3v) is 3.57. The van der Waals surface area contributed by atoms with Crippen LogP contribution in [-0.4, -0.2) is 13.2 Å². The molecule has 3 N–H and O–H groups in total. The van der Waals surface area contributed by atoms with Crippen LogP contribution in [0.1, 0.15) is 5.56 Å². The van der Waals surface area contributed by atoms with Crippen LogP contribution < -0.4 is 20.5 Å². The smallest absolute Gasteiger partial charge is 0.163 e. The summed E-state index contributed by atoms with van der Waals surface area (Å²) < 4.78 is 11.0. The summed E-state index contributed by atoms with van der Waals surface area (Å²) in [6.45, 7) is 3.06. The highest BCUT2D eigenvalue weighted by Gasteiger charge is 2.14. The van der Waals surface area contributed by atoms with Crippen molar-refractivity contribution in [3.05, 3.63) is 40.9 Å². The van der Waals surface area contributed by atoms with Gasteiger partial charge in [-0.3, -0.25) is 0 Å². The van der Waals surface area contributed by atoms with Gasteiger partial charge in [0.2, 0.25) is 0 Å². The van der Waals surface area contributed by atoms with Crippen molar-refractivity contribution >= 4 is 28.7 Å². The van der Waals surface area contributed by atoms with E-state index in [0.29, 0.717) is 35.4 Å². The van der Waals surface area contributed by atoms with Gasteiger partial charge < -0.3 is 20.5 Å². The van der Waals surface area contributed by atoms with Crippen molar-refractivity contribution in [2.75, 3.05) is 24.3 Å². The highest BCUT2D eigenvalue weighted by Crippen LogP contribution is 2.38.